The molecule has 1 amide bonds. The predicted molar refractivity (Wildman–Crippen MR) is 74.8 cm³/mol. The molecule has 1 N–H and O–H groups in total. The number of carbonyl (C=O) groups is 1. The fourth-order valence-electron chi connectivity index (χ4n) is 2.59. The van der Waals surface area contributed by atoms with Crippen molar-refractivity contribution in [2.45, 2.75) is 32.1 Å². The second-order valence-corrected chi connectivity index (χ2v) is 4.97. The first-order chi connectivity index (χ1) is 9.22. The van der Waals surface area contributed by atoms with Crippen LogP contribution < -0.4 is 14.8 Å². The third-order valence-electron chi connectivity index (χ3n) is 3.63. The van der Waals surface area contributed by atoms with Gasteiger partial charge in [-0.25, -0.2) is 0 Å². The van der Waals surface area contributed by atoms with E-state index in [0.717, 1.165) is 0 Å². The zero-order valence-corrected chi connectivity index (χ0v) is 11.6. The third-order valence-corrected chi connectivity index (χ3v) is 3.63. The average Bonchev–Trinajstić information content (AvgIpc) is 2.91. The standard InChI is InChI=1S/C15H21NO3/c1-18-12-7-8-14(19-2)13(10-12)16-15(17)9-11-5-3-4-6-11/h7-8,10-11H,3-6,9H2,1-2H3,(H,16,17). The van der Waals surface area contributed by atoms with Gasteiger partial charge in [0.2, 0.25) is 5.91 Å². The van der Waals surface area contributed by atoms with Gasteiger partial charge in [-0.15, -0.1) is 0 Å². The van der Waals surface area contributed by atoms with E-state index in [0.29, 0.717) is 29.5 Å². The van der Waals surface area contributed by atoms with E-state index in [1.54, 1.807) is 26.4 Å². The highest BCUT2D eigenvalue weighted by Crippen LogP contribution is 2.31. The summed E-state index contributed by atoms with van der Waals surface area (Å²) in [6.45, 7) is 0. The molecule has 104 valence electrons. The van der Waals surface area contributed by atoms with Gasteiger partial charge >= 0.3 is 0 Å². The van der Waals surface area contributed by atoms with E-state index in [1.807, 2.05) is 6.07 Å². The largest absolute Gasteiger partial charge is 0.497 e. The van der Waals surface area contributed by atoms with Crippen molar-refractivity contribution in [1.29, 1.82) is 0 Å². The lowest BCUT2D eigenvalue weighted by Gasteiger charge is -2.13. The molecule has 0 spiro atoms. The zero-order valence-electron chi connectivity index (χ0n) is 11.6. The van der Waals surface area contributed by atoms with Gasteiger partial charge in [0, 0.05) is 12.5 Å². The Morgan fingerprint density at radius 2 is 2.00 bits per heavy atom. The molecule has 0 heterocycles. The van der Waals surface area contributed by atoms with Crippen LogP contribution in [0.2, 0.25) is 0 Å². The van der Waals surface area contributed by atoms with Crippen LogP contribution in [-0.2, 0) is 4.79 Å². The molecule has 0 aromatic heterocycles. The molecule has 0 radical (unpaired) electrons. The molecule has 4 heteroatoms. The van der Waals surface area contributed by atoms with Crippen LogP contribution in [0.25, 0.3) is 0 Å². The van der Waals surface area contributed by atoms with E-state index in [-0.39, 0.29) is 5.91 Å². The summed E-state index contributed by atoms with van der Waals surface area (Å²) in [5, 5.41) is 2.92. The van der Waals surface area contributed by atoms with Crippen molar-refractivity contribution in [3.8, 4) is 11.5 Å². The fourth-order valence-corrected chi connectivity index (χ4v) is 2.59. The Morgan fingerprint density at radius 3 is 2.63 bits per heavy atom. The number of anilines is 1. The predicted octanol–water partition coefficient (Wildman–Crippen LogP) is 3.22. The van der Waals surface area contributed by atoms with Gasteiger partial charge in [-0.3, -0.25) is 4.79 Å². The second-order valence-electron chi connectivity index (χ2n) is 4.97. The van der Waals surface area contributed by atoms with Crippen molar-refractivity contribution in [2.24, 2.45) is 5.92 Å². The summed E-state index contributed by atoms with van der Waals surface area (Å²) in [5.41, 5.74) is 0.671. The number of ether oxygens (including phenoxy) is 2. The van der Waals surface area contributed by atoms with Gasteiger partial charge < -0.3 is 14.8 Å². The minimum absolute atomic E-state index is 0.0541. The highest BCUT2D eigenvalue weighted by atomic mass is 16.5. The second kappa shape index (κ2) is 6.45. The summed E-state index contributed by atoms with van der Waals surface area (Å²) in [6.07, 6.45) is 5.44. The molecule has 1 aliphatic rings. The van der Waals surface area contributed by atoms with E-state index in [1.165, 1.54) is 25.7 Å². The van der Waals surface area contributed by atoms with Gasteiger partial charge in [0.15, 0.2) is 0 Å². The molecule has 0 bridgehead atoms. The highest BCUT2D eigenvalue weighted by Gasteiger charge is 2.19. The lowest BCUT2D eigenvalue weighted by molar-refractivity contribution is -0.117. The number of methoxy groups -OCH3 is 2. The summed E-state index contributed by atoms with van der Waals surface area (Å²) in [4.78, 5) is 12.0. The molecule has 1 saturated carbocycles. The Kier molecular flexibility index (Phi) is 4.66. The molecule has 0 unspecified atom stereocenters. The van der Waals surface area contributed by atoms with Gasteiger partial charge in [0.05, 0.1) is 19.9 Å². The molecule has 19 heavy (non-hydrogen) atoms. The minimum atomic E-state index is 0.0541. The van der Waals surface area contributed by atoms with Crippen LogP contribution in [0.1, 0.15) is 32.1 Å². The lowest BCUT2D eigenvalue weighted by Crippen LogP contribution is -2.15. The fraction of sp³-hybridized carbons (Fsp3) is 0.533. The number of carbonyl (C=O) groups excluding carboxylic acids is 1. The van der Waals surface area contributed by atoms with Crippen molar-refractivity contribution in [1.82, 2.24) is 0 Å². The van der Waals surface area contributed by atoms with E-state index in [2.05, 4.69) is 5.32 Å². The first kappa shape index (κ1) is 13.7. The molecule has 1 aliphatic carbocycles. The number of benzene rings is 1. The molecule has 1 fully saturated rings. The lowest BCUT2D eigenvalue weighted by atomic mass is 10.0. The van der Waals surface area contributed by atoms with Gasteiger partial charge in [-0.05, 0) is 30.9 Å². The number of nitrogens with one attached hydrogen (secondary N) is 1. The zero-order chi connectivity index (χ0) is 13.7. The normalized spacial score (nSPS) is 15.3. The molecule has 1 aromatic carbocycles. The Hall–Kier alpha value is -1.71. The van der Waals surface area contributed by atoms with Crippen molar-refractivity contribution in [3.63, 3.8) is 0 Å². The number of amides is 1. The number of hydrogen-bond acceptors (Lipinski definition) is 3. The Morgan fingerprint density at radius 1 is 1.26 bits per heavy atom. The van der Waals surface area contributed by atoms with Gasteiger partial charge in [-0.1, -0.05) is 12.8 Å². The van der Waals surface area contributed by atoms with Crippen molar-refractivity contribution < 1.29 is 14.3 Å². The van der Waals surface area contributed by atoms with Gasteiger partial charge in [-0.2, -0.15) is 0 Å². The Balaban J connectivity index is 2.01. The summed E-state index contributed by atoms with van der Waals surface area (Å²) in [7, 11) is 3.19. The van der Waals surface area contributed by atoms with Crippen molar-refractivity contribution in [3.05, 3.63) is 18.2 Å². The van der Waals surface area contributed by atoms with E-state index < -0.39 is 0 Å². The maximum atomic E-state index is 12.0. The molecular weight excluding hydrogens is 242 g/mol. The van der Waals surface area contributed by atoms with Crippen LogP contribution in [0.15, 0.2) is 18.2 Å². The minimum Gasteiger partial charge on any atom is -0.497 e. The summed E-state index contributed by atoms with van der Waals surface area (Å²) >= 11 is 0. The van der Waals surface area contributed by atoms with Crippen LogP contribution in [0.3, 0.4) is 0 Å². The maximum absolute atomic E-state index is 12.0. The van der Waals surface area contributed by atoms with Crippen LogP contribution in [0, 0.1) is 5.92 Å². The van der Waals surface area contributed by atoms with Crippen molar-refractivity contribution >= 4 is 11.6 Å². The Labute approximate surface area is 114 Å². The quantitative estimate of drug-likeness (QED) is 0.887. The van der Waals surface area contributed by atoms with Gasteiger partial charge in [0.1, 0.15) is 11.5 Å². The van der Waals surface area contributed by atoms with E-state index in [4.69, 9.17) is 9.47 Å². The van der Waals surface area contributed by atoms with Crippen molar-refractivity contribution in [2.75, 3.05) is 19.5 Å². The van der Waals surface area contributed by atoms with E-state index >= 15 is 0 Å². The number of hydrogen-bond donors (Lipinski definition) is 1. The first-order valence-electron chi connectivity index (χ1n) is 6.75. The average molecular weight is 263 g/mol. The number of rotatable bonds is 5. The Bertz CT molecular complexity index is 439. The summed E-state index contributed by atoms with van der Waals surface area (Å²) < 4.78 is 10.4. The van der Waals surface area contributed by atoms with Crippen LogP contribution in [-0.4, -0.2) is 20.1 Å². The molecular formula is C15H21NO3. The van der Waals surface area contributed by atoms with Gasteiger partial charge in [0.25, 0.3) is 0 Å². The molecule has 0 atom stereocenters. The summed E-state index contributed by atoms with van der Waals surface area (Å²) in [5.74, 6) is 1.95. The van der Waals surface area contributed by atoms with Crippen LogP contribution >= 0.6 is 0 Å². The monoisotopic (exact) mass is 263 g/mol. The molecule has 4 nitrogen and oxygen atoms in total. The topological polar surface area (TPSA) is 47.6 Å². The molecule has 0 saturated heterocycles. The SMILES string of the molecule is COc1ccc(OC)c(NC(=O)CC2CCCC2)c1. The molecule has 2 rings (SSSR count). The van der Waals surface area contributed by atoms with Crippen LogP contribution in [0.4, 0.5) is 5.69 Å². The molecule has 1 aromatic rings. The third kappa shape index (κ3) is 3.63. The maximum Gasteiger partial charge on any atom is 0.224 e. The first-order valence-corrected chi connectivity index (χ1v) is 6.75. The van der Waals surface area contributed by atoms with E-state index in [9.17, 15) is 4.79 Å². The summed E-state index contributed by atoms with van der Waals surface area (Å²) in [6, 6.07) is 5.39. The molecule has 0 aliphatic heterocycles. The smallest absolute Gasteiger partial charge is 0.224 e. The van der Waals surface area contributed by atoms with Crippen LogP contribution in [0.5, 0.6) is 11.5 Å². The highest BCUT2D eigenvalue weighted by molar-refractivity contribution is 5.92.